The van der Waals surface area contributed by atoms with Gasteiger partial charge < -0.3 is 10.2 Å². The molecule has 0 radical (unpaired) electrons. The molecule has 1 unspecified atom stereocenters. The molecule has 0 aliphatic rings. The van der Waals surface area contributed by atoms with Crippen LogP contribution >= 0.6 is 11.3 Å². The Morgan fingerprint density at radius 3 is 2.48 bits per heavy atom. The third-order valence-electron chi connectivity index (χ3n) is 3.88. The van der Waals surface area contributed by atoms with Gasteiger partial charge in [-0.15, -0.1) is 0 Å². The van der Waals surface area contributed by atoms with Gasteiger partial charge in [0, 0.05) is 26.2 Å². The molecule has 0 saturated heterocycles. The second-order valence-corrected chi connectivity index (χ2v) is 8.99. The Balaban J connectivity index is 2.13. The summed E-state index contributed by atoms with van der Waals surface area (Å²) in [5, 5.41) is 6.95. The Labute approximate surface area is 153 Å². The van der Waals surface area contributed by atoms with Crippen LogP contribution in [0.5, 0.6) is 0 Å². The van der Waals surface area contributed by atoms with Gasteiger partial charge in [-0.1, -0.05) is 6.07 Å². The molecule has 1 heterocycles. The molecule has 1 N–H and O–H groups in total. The number of nitrogens with zero attached hydrogens (tertiary/aromatic N) is 2. The van der Waals surface area contributed by atoms with Crippen LogP contribution in [0.2, 0.25) is 0 Å². The number of amides is 1. The SMILES string of the molecule is CN(C)C(CNC(=O)c1cccc(S(=O)(=O)N(C)C)c1)c1ccsc1. The molecular formula is C17H23N3O3S2. The summed E-state index contributed by atoms with van der Waals surface area (Å²) in [5.41, 5.74) is 1.46. The van der Waals surface area contributed by atoms with E-state index >= 15 is 0 Å². The van der Waals surface area contributed by atoms with Crippen molar-refractivity contribution in [2.75, 3.05) is 34.7 Å². The zero-order chi connectivity index (χ0) is 18.6. The summed E-state index contributed by atoms with van der Waals surface area (Å²) in [7, 11) is 3.27. The molecule has 0 aliphatic carbocycles. The van der Waals surface area contributed by atoms with Gasteiger partial charge in [0.2, 0.25) is 10.0 Å². The van der Waals surface area contributed by atoms with E-state index in [0.717, 1.165) is 9.87 Å². The van der Waals surface area contributed by atoms with E-state index in [9.17, 15) is 13.2 Å². The maximum atomic E-state index is 12.5. The third-order valence-corrected chi connectivity index (χ3v) is 6.39. The van der Waals surface area contributed by atoms with Crippen molar-refractivity contribution >= 4 is 27.3 Å². The first-order chi connectivity index (χ1) is 11.7. The van der Waals surface area contributed by atoms with Gasteiger partial charge in [0.25, 0.3) is 5.91 Å². The van der Waals surface area contributed by atoms with E-state index in [1.54, 1.807) is 23.5 Å². The van der Waals surface area contributed by atoms with E-state index in [1.165, 1.54) is 26.2 Å². The van der Waals surface area contributed by atoms with Gasteiger partial charge in [0.1, 0.15) is 0 Å². The van der Waals surface area contributed by atoms with Crippen LogP contribution in [-0.2, 0) is 10.0 Å². The highest BCUT2D eigenvalue weighted by Crippen LogP contribution is 2.20. The lowest BCUT2D eigenvalue weighted by Gasteiger charge is -2.24. The second kappa shape index (κ2) is 8.09. The van der Waals surface area contributed by atoms with Crippen LogP contribution in [0, 0.1) is 0 Å². The van der Waals surface area contributed by atoms with Gasteiger partial charge in [-0.3, -0.25) is 4.79 Å². The van der Waals surface area contributed by atoms with Crippen LogP contribution in [-0.4, -0.2) is 58.3 Å². The largest absolute Gasteiger partial charge is 0.350 e. The van der Waals surface area contributed by atoms with Crippen molar-refractivity contribution in [2.45, 2.75) is 10.9 Å². The fourth-order valence-corrected chi connectivity index (χ4v) is 4.02. The van der Waals surface area contributed by atoms with Gasteiger partial charge in [-0.05, 0) is 54.7 Å². The fraction of sp³-hybridized carbons (Fsp3) is 0.353. The number of carbonyl (C=O) groups excluding carboxylic acids is 1. The van der Waals surface area contributed by atoms with Crippen molar-refractivity contribution in [2.24, 2.45) is 0 Å². The molecular weight excluding hydrogens is 358 g/mol. The predicted octanol–water partition coefficient (Wildman–Crippen LogP) is 2.03. The molecule has 2 aromatic rings. The Morgan fingerprint density at radius 1 is 1.20 bits per heavy atom. The van der Waals surface area contributed by atoms with Crippen molar-refractivity contribution in [3.63, 3.8) is 0 Å². The minimum Gasteiger partial charge on any atom is -0.350 e. The van der Waals surface area contributed by atoms with Crippen LogP contribution in [0.1, 0.15) is 22.0 Å². The summed E-state index contributed by atoms with van der Waals surface area (Å²) >= 11 is 1.61. The molecule has 1 aromatic carbocycles. The Hall–Kier alpha value is -1.74. The van der Waals surface area contributed by atoms with E-state index in [4.69, 9.17) is 0 Å². The molecule has 0 spiro atoms. The number of likely N-dealkylation sites (N-methyl/N-ethyl adjacent to an activating group) is 1. The van der Waals surface area contributed by atoms with Crippen molar-refractivity contribution in [1.29, 1.82) is 0 Å². The zero-order valence-corrected chi connectivity index (χ0v) is 16.4. The number of thiophene rings is 1. The van der Waals surface area contributed by atoms with E-state index in [0.29, 0.717) is 12.1 Å². The predicted molar refractivity (Wildman–Crippen MR) is 100 cm³/mol. The average molecular weight is 382 g/mol. The summed E-state index contributed by atoms with van der Waals surface area (Å²) in [6.07, 6.45) is 0. The molecule has 1 amide bonds. The molecule has 25 heavy (non-hydrogen) atoms. The number of carbonyl (C=O) groups is 1. The monoisotopic (exact) mass is 381 g/mol. The van der Waals surface area contributed by atoms with E-state index < -0.39 is 10.0 Å². The van der Waals surface area contributed by atoms with E-state index in [2.05, 4.69) is 10.7 Å². The zero-order valence-electron chi connectivity index (χ0n) is 14.8. The molecule has 1 aromatic heterocycles. The molecule has 8 heteroatoms. The van der Waals surface area contributed by atoms with E-state index in [-0.39, 0.29) is 16.8 Å². The third kappa shape index (κ3) is 4.66. The number of hydrogen-bond donors (Lipinski definition) is 1. The van der Waals surface area contributed by atoms with E-state index in [1.807, 2.05) is 30.4 Å². The maximum absolute atomic E-state index is 12.5. The Kier molecular flexibility index (Phi) is 6.34. The van der Waals surface area contributed by atoms with Crippen LogP contribution in [0.25, 0.3) is 0 Å². The standard InChI is InChI=1S/C17H23N3O3S2/c1-19(2)16(14-8-9-24-12-14)11-18-17(21)13-6-5-7-15(10-13)25(22,23)20(3)4/h5-10,12,16H,11H2,1-4H3,(H,18,21). The second-order valence-electron chi connectivity index (χ2n) is 6.06. The minimum absolute atomic E-state index is 0.0592. The summed E-state index contributed by atoms with van der Waals surface area (Å²) in [5.74, 6) is -0.294. The van der Waals surface area contributed by atoms with Crippen molar-refractivity contribution in [3.8, 4) is 0 Å². The molecule has 0 aliphatic heterocycles. The lowest BCUT2D eigenvalue weighted by atomic mass is 10.1. The normalized spacial score (nSPS) is 13.2. The topological polar surface area (TPSA) is 69.7 Å². The molecule has 0 saturated carbocycles. The van der Waals surface area contributed by atoms with Crippen molar-refractivity contribution in [1.82, 2.24) is 14.5 Å². The number of nitrogens with one attached hydrogen (secondary N) is 1. The summed E-state index contributed by atoms with van der Waals surface area (Å²) in [6, 6.07) is 8.17. The van der Waals surface area contributed by atoms with Crippen molar-refractivity contribution < 1.29 is 13.2 Å². The van der Waals surface area contributed by atoms with Gasteiger partial charge in [-0.25, -0.2) is 12.7 Å². The highest BCUT2D eigenvalue weighted by molar-refractivity contribution is 7.89. The summed E-state index contributed by atoms with van der Waals surface area (Å²) in [6.45, 7) is 0.438. The number of sulfonamides is 1. The minimum atomic E-state index is -3.57. The van der Waals surface area contributed by atoms with Crippen LogP contribution in [0.15, 0.2) is 46.0 Å². The van der Waals surface area contributed by atoms with Crippen LogP contribution in [0.3, 0.4) is 0 Å². The molecule has 6 nitrogen and oxygen atoms in total. The molecule has 0 fully saturated rings. The highest BCUT2D eigenvalue weighted by Gasteiger charge is 2.20. The number of hydrogen-bond acceptors (Lipinski definition) is 5. The summed E-state index contributed by atoms with van der Waals surface area (Å²) in [4.78, 5) is 14.6. The molecule has 0 bridgehead atoms. The first kappa shape index (κ1) is 19.6. The first-order valence-corrected chi connectivity index (χ1v) is 10.1. The molecule has 2 rings (SSSR count). The Morgan fingerprint density at radius 2 is 1.92 bits per heavy atom. The van der Waals surface area contributed by atoms with Gasteiger partial charge in [0.15, 0.2) is 0 Å². The fourth-order valence-electron chi connectivity index (χ4n) is 2.36. The van der Waals surface area contributed by atoms with Crippen LogP contribution < -0.4 is 5.32 Å². The summed E-state index contributed by atoms with van der Waals surface area (Å²) < 4.78 is 25.5. The molecule has 136 valence electrons. The van der Waals surface area contributed by atoms with Gasteiger partial charge in [0.05, 0.1) is 10.9 Å². The smallest absolute Gasteiger partial charge is 0.251 e. The Bertz CT molecular complexity index is 815. The van der Waals surface area contributed by atoms with Crippen LogP contribution in [0.4, 0.5) is 0 Å². The average Bonchev–Trinajstić information content (AvgIpc) is 3.08. The highest BCUT2D eigenvalue weighted by atomic mass is 32.2. The lowest BCUT2D eigenvalue weighted by molar-refractivity contribution is 0.0941. The number of rotatable bonds is 7. The van der Waals surface area contributed by atoms with Gasteiger partial charge >= 0.3 is 0 Å². The first-order valence-electron chi connectivity index (χ1n) is 7.73. The maximum Gasteiger partial charge on any atom is 0.251 e. The lowest BCUT2D eigenvalue weighted by Crippen LogP contribution is -2.34. The quantitative estimate of drug-likeness (QED) is 0.797. The number of benzene rings is 1. The van der Waals surface area contributed by atoms with Crippen molar-refractivity contribution in [3.05, 3.63) is 52.2 Å². The molecule has 1 atom stereocenters. The van der Waals surface area contributed by atoms with Gasteiger partial charge in [-0.2, -0.15) is 11.3 Å².